The van der Waals surface area contributed by atoms with Crippen molar-refractivity contribution in [2.45, 2.75) is 26.2 Å². The van der Waals surface area contributed by atoms with Crippen molar-refractivity contribution in [3.8, 4) is 5.75 Å². The molecule has 0 unspecified atom stereocenters. The van der Waals surface area contributed by atoms with Crippen molar-refractivity contribution in [3.63, 3.8) is 0 Å². The molecule has 6 heteroatoms. The first-order chi connectivity index (χ1) is 11.9. The van der Waals surface area contributed by atoms with Gasteiger partial charge in [-0.15, -0.1) is 0 Å². The lowest BCUT2D eigenvalue weighted by Crippen LogP contribution is -2.09. The summed E-state index contributed by atoms with van der Waals surface area (Å²) in [6, 6.07) is 7.73. The van der Waals surface area contributed by atoms with Crippen LogP contribution in [0.1, 0.15) is 37.3 Å². The van der Waals surface area contributed by atoms with Crippen molar-refractivity contribution in [2.75, 3.05) is 12.4 Å². The van der Waals surface area contributed by atoms with Crippen LogP contribution in [-0.4, -0.2) is 17.1 Å². The summed E-state index contributed by atoms with van der Waals surface area (Å²) in [4.78, 5) is 9.70. The van der Waals surface area contributed by atoms with Gasteiger partial charge in [-0.3, -0.25) is 0 Å². The van der Waals surface area contributed by atoms with E-state index in [0.29, 0.717) is 5.89 Å². The molecule has 0 amide bonds. The number of ether oxygens (including phenoxy) is 1. The van der Waals surface area contributed by atoms with Crippen LogP contribution in [-0.2, 0) is 5.41 Å². The van der Waals surface area contributed by atoms with Crippen LogP contribution < -0.4 is 10.1 Å². The van der Waals surface area contributed by atoms with E-state index in [-0.39, 0.29) is 5.41 Å². The summed E-state index contributed by atoms with van der Waals surface area (Å²) in [5, 5.41) is 4.10. The number of hydrogen-bond donors (Lipinski definition) is 1. The van der Waals surface area contributed by atoms with Crippen molar-refractivity contribution in [3.05, 3.63) is 53.2 Å². The molecule has 0 aliphatic heterocycles. The van der Waals surface area contributed by atoms with Gasteiger partial charge in [0.1, 0.15) is 11.5 Å². The second-order valence-electron chi connectivity index (χ2n) is 6.57. The van der Waals surface area contributed by atoms with Crippen molar-refractivity contribution in [1.82, 2.24) is 9.97 Å². The lowest BCUT2D eigenvalue weighted by atomic mass is 9.94. The SMILES string of the molecule is COc1ccc(Nc2ncc(/C=C/c3ncc(C(C)(C)C)o3)s2)cc1. The Morgan fingerprint density at radius 2 is 1.84 bits per heavy atom. The highest BCUT2D eigenvalue weighted by molar-refractivity contribution is 7.16. The maximum Gasteiger partial charge on any atom is 0.218 e. The largest absolute Gasteiger partial charge is 0.497 e. The fourth-order valence-corrected chi connectivity index (χ4v) is 2.82. The summed E-state index contributed by atoms with van der Waals surface area (Å²) in [6.45, 7) is 6.30. The van der Waals surface area contributed by atoms with E-state index in [2.05, 4.69) is 36.1 Å². The second-order valence-corrected chi connectivity index (χ2v) is 7.63. The Morgan fingerprint density at radius 3 is 2.48 bits per heavy atom. The van der Waals surface area contributed by atoms with E-state index in [4.69, 9.17) is 9.15 Å². The molecule has 0 radical (unpaired) electrons. The average molecular weight is 355 g/mol. The summed E-state index contributed by atoms with van der Waals surface area (Å²) < 4.78 is 10.9. The Balaban J connectivity index is 1.65. The molecule has 0 saturated carbocycles. The van der Waals surface area contributed by atoms with Crippen molar-refractivity contribution in [2.24, 2.45) is 0 Å². The molecule has 0 atom stereocenters. The molecular weight excluding hydrogens is 334 g/mol. The van der Waals surface area contributed by atoms with Crippen molar-refractivity contribution < 1.29 is 9.15 Å². The highest BCUT2D eigenvalue weighted by Gasteiger charge is 2.18. The number of benzene rings is 1. The van der Waals surface area contributed by atoms with E-state index in [9.17, 15) is 0 Å². The lowest BCUT2D eigenvalue weighted by molar-refractivity contribution is 0.403. The van der Waals surface area contributed by atoms with E-state index in [1.807, 2.05) is 42.6 Å². The number of thiazole rings is 1. The van der Waals surface area contributed by atoms with Crippen molar-refractivity contribution >= 4 is 34.3 Å². The summed E-state index contributed by atoms with van der Waals surface area (Å²) in [6.07, 6.45) is 7.42. The minimum atomic E-state index is -0.0426. The Kier molecular flexibility index (Phi) is 4.90. The van der Waals surface area contributed by atoms with Crippen LogP contribution in [0.3, 0.4) is 0 Å². The number of oxazole rings is 1. The number of rotatable bonds is 5. The standard InChI is InChI=1S/C19H21N3O2S/c1-19(2,3)16-12-20-17(24-16)10-9-15-11-21-18(25-15)22-13-5-7-14(23-4)8-6-13/h5-12H,1-4H3,(H,21,22)/b10-9+. The topological polar surface area (TPSA) is 60.2 Å². The predicted octanol–water partition coefficient (Wildman–Crippen LogP) is 5.35. The van der Waals surface area contributed by atoms with Crippen LogP contribution in [0.4, 0.5) is 10.8 Å². The first-order valence-corrected chi connectivity index (χ1v) is 8.77. The maximum atomic E-state index is 5.75. The third-order valence-electron chi connectivity index (χ3n) is 3.52. The normalized spacial score (nSPS) is 11.8. The zero-order valence-corrected chi connectivity index (χ0v) is 15.6. The maximum absolute atomic E-state index is 5.75. The summed E-state index contributed by atoms with van der Waals surface area (Å²) >= 11 is 1.56. The van der Waals surface area contributed by atoms with Gasteiger partial charge in [-0.2, -0.15) is 0 Å². The van der Waals surface area contributed by atoms with E-state index < -0.39 is 0 Å². The van der Waals surface area contributed by atoms with Crippen LogP contribution in [0.5, 0.6) is 5.75 Å². The highest BCUT2D eigenvalue weighted by atomic mass is 32.1. The van der Waals surface area contributed by atoms with Gasteiger partial charge >= 0.3 is 0 Å². The van der Waals surface area contributed by atoms with Gasteiger partial charge in [-0.25, -0.2) is 9.97 Å². The molecule has 5 nitrogen and oxygen atoms in total. The summed E-state index contributed by atoms with van der Waals surface area (Å²) in [5.74, 6) is 2.30. The van der Waals surface area contributed by atoms with E-state index in [0.717, 1.165) is 27.2 Å². The molecule has 0 aliphatic carbocycles. The molecule has 25 heavy (non-hydrogen) atoms. The Hall–Kier alpha value is -2.60. The predicted molar refractivity (Wildman–Crippen MR) is 103 cm³/mol. The van der Waals surface area contributed by atoms with Gasteiger partial charge in [0, 0.05) is 28.3 Å². The van der Waals surface area contributed by atoms with Crippen LogP contribution >= 0.6 is 11.3 Å². The smallest absolute Gasteiger partial charge is 0.218 e. The number of anilines is 2. The third kappa shape index (κ3) is 4.48. The lowest BCUT2D eigenvalue weighted by Gasteiger charge is -2.12. The van der Waals surface area contributed by atoms with Gasteiger partial charge in [0.25, 0.3) is 0 Å². The van der Waals surface area contributed by atoms with Gasteiger partial charge in [0.2, 0.25) is 5.89 Å². The minimum Gasteiger partial charge on any atom is -0.497 e. The van der Waals surface area contributed by atoms with Gasteiger partial charge < -0.3 is 14.5 Å². The first-order valence-electron chi connectivity index (χ1n) is 7.95. The Bertz CT molecular complexity index is 857. The van der Waals surface area contributed by atoms with Gasteiger partial charge in [0.15, 0.2) is 5.13 Å². The number of hydrogen-bond acceptors (Lipinski definition) is 6. The van der Waals surface area contributed by atoms with E-state index in [1.165, 1.54) is 0 Å². The number of nitrogens with one attached hydrogen (secondary N) is 1. The number of nitrogens with zero attached hydrogens (tertiary/aromatic N) is 2. The monoisotopic (exact) mass is 355 g/mol. The molecule has 2 aromatic heterocycles. The molecule has 0 saturated heterocycles. The fraction of sp³-hybridized carbons (Fsp3) is 0.263. The quantitative estimate of drug-likeness (QED) is 0.668. The molecule has 130 valence electrons. The first kappa shape index (κ1) is 17.2. The molecular formula is C19H21N3O2S. The van der Waals surface area contributed by atoms with E-state index in [1.54, 1.807) is 24.6 Å². The summed E-state index contributed by atoms with van der Waals surface area (Å²) in [7, 11) is 1.65. The third-order valence-corrected chi connectivity index (χ3v) is 4.40. The van der Waals surface area contributed by atoms with Crippen LogP contribution in [0.2, 0.25) is 0 Å². The second kappa shape index (κ2) is 7.11. The molecule has 0 spiro atoms. The molecule has 2 heterocycles. The molecule has 0 fully saturated rings. The Labute approximate surface area is 151 Å². The van der Waals surface area contributed by atoms with Crippen LogP contribution in [0.25, 0.3) is 12.2 Å². The van der Waals surface area contributed by atoms with Gasteiger partial charge in [-0.05, 0) is 30.3 Å². The van der Waals surface area contributed by atoms with Crippen molar-refractivity contribution in [1.29, 1.82) is 0 Å². The van der Waals surface area contributed by atoms with E-state index >= 15 is 0 Å². The number of aromatic nitrogens is 2. The van der Waals surface area contributed by atoms with Gasteiger partial charge in [0.05, 0.1) is 13.3 Å². The average Bonchev–Trinajstić information content (AvgIpc) is 3.22. The molecule has 1 aromatic carbocycles. The van der Waals surface area contributed by atoms with Crippen LogP contribution in [0, 0.1) is 0 Å². The van der Waals surface area contributed by atoms with Gasteiger partial charge in [-0.1, -0.05) is 32.1 Å². The highest BCUT2D eigenvalue weighted by Crippen LogP contribution is 2.26. The molecule has 3 aromatic rings. The molecule has 1 N–H and O–H groups in total. The zero-order valence-electron chi connectivity index (χ0n) is 14.7. The molecule has 0 aliphatic rings. The van der Waals surface area contributed by atoms with Crippen LogP contribution in [0.15, 0.2) is 41.1 Å². The zero-order chi connectivity index (χ0) is 17.9. The minimum absolute atomic E-state index is 0.0426. The number of methoxy groups -OCH3 is 1. The molecule has 3 rings (SSSR count). The Morgan fingerprint density at radius 1 is 1.08 bits per heavy atom. The fourth-order valence-electron chi connectivity index (χ4n) is 2.08. The molecule has 0 bridgehead atoms. The summed E-state index contributed by atoms with van der Waals surface area (Å²) in [5.41, 5.74) is 0.923.